The zero-order chi connectivity index (χ0) is 18.8. The number of rotatable bonds is 5. The van der Waals surface area contributed by atoms with Gasteiger partial charge in [-0.2, -0.15) is 0 Å². The average Bonchev–Trinajstić information content (AvgIpc) is 3.22. The van der Waals surface area contributed by atoms with E-state index < -0.39 is 11.0 Å². The van der Waals surface area contributed by atoms with Crippen LogP contribution in [0, 0.1) is 10.1 Å². The van der Waals surface area contributed by atoms with Crippen LogP contribution in [-0.4, -0.2) is 15.0 Å². The fourth-order valence-electron chi connectivity index (χ4n) is 3.01. The van der Waals surface area contributed by atoms with E-state index in [1.165, 1.54) is 18.4 Å². The van der Waals surface area contributed by atoms with Gasteiger partial charge in [-0.1, -0.05) is 24.3 Å². The van der Waals surface area contributed by atoms with Gasteiger partial charge in [-0.3, -0.25) is 15.1 Å². The van der Waals surface area contributed by atoms with Crippen LogP contribution in [0.15, 0.2) is 77.5 Å². The largest absolute Gasteiger partial charge is 0.505 e. The number of nitrogens with one attached hydrogen (secondary N) is 1. The van der Waals surface area contributed by atoms with Crippen molar-refractivity contribution in [3.05, 3.63) is 94.6 Å². The Kier molecular flexibility index (Phi) is 4.18. The Labute approximate surface area is 154 Å². The number of hydrogen-bond acceptors (Lipinski definition) is 6. The number of phenols is 1. The second-order valence-corrected chi connectivity index (χ2v) is 5.98. The number of aromatic hydroxyl groups is 1. The first-order valence-corrected chi connectivity index (χ1v) is 8.24. The summed E-state index contributed by atoms with van der Waals surface area (Å²) in [5, 5.41) is 25.9. The molecule has 1 atom stereocenters. The molecule has 0 bridgehead atoms. The number of pyridine rings is 1. The number of fused-ring (bicyclic) bond motifs is 1. The lowest BCUT2D eigenvalue weighted by atomic mass is 10.0. The lowest BCUT2D eigenvalue weighted by molar-refractivity contribution is -0.384. The molecule has 0 aliphatic heterocycles. The van der Waals surface area contributed by atoms with E-state index in [0.717, 1.165) is 5.39 Å². The lowest BCUT2D eigenvalue weighted by Gasteiger charge is -2.20. The molecule has 2 N–H and O–H groups in total. The molecule has 2 aromatic heterocycles. The van der Waals surface area contributed by atoms with Crippen LogP contribution in [0.1, 0.15) is 17.4 Å². The number of furan rings is 1. The molecule has 2 aromatic carbocycles. The van der Waals surface area contributed by atoms with E-state index in [0.29, 0.717) is 22.5 Å². The molecule has 7 nitrogen and oxygen atoms in total. The second-order valence-electron chi connectivity index (χ2n) is 5.98. The smallest absolute Gasteiger partial charge is 0.271 e. The number of nitro benzene ring substituents is 1. The number of phenolic OH excluding ortho intramolecular Hbond substituents is 1. The van der Waals surface area contributed by atoms with Crippen molar-refractivity contribution in [2.75, 3.05) is 5.32 Å². The number of hydrogen-bond donors (Lipinski definition) is 2. The van der Waals surface area contributed by atoms with Crippen molar-refractivity contribution in [1.29, 1.82) is 0 Å². The average molecular weight is 361 g/mol. The van der Waals surface area contributed by atoms with Crippen molar-refractivity contribution in [3.63, 3.8) is 0 Å². The molecule has 4 aromatic rings. The topological polar surface area (TPSA) is 101 Å². The highest BCUT2D eigenvalue weighted by molar-refractivity contribution is 5.85. The molecular weight excluding hydrogens is 346 g/mol. The van der Waals surface area contributed by atoms with Crippen LogP contribution in [0.4, 0.5) is 11.4 Å². The third-order valence-electron chi connectivity index (χ3n) is 4.29. The highest BCUT2D eigenvalue weighted by Crippen LogP contribution is 2.36. The molecule has 27 heavy (non-hydrogen) atoms. The van der Waals surface area contributed by atoms with Gasteiger partial charge in [0.15, 0.2) is 0 Å². The molecule has 2 heterocycles. The van der Waals surface area contributed by atoms with Gasteiger partial charge in [0.05, 0.1) is 11.2 Å². The van der Waals surface area contributed by atoms with Crippen molar-refractivity contribution in [2.24, 2.45) is 0 Å². The first kappa shape index (κ1) is 16.6. The number of non-ortho nitro benzene ring substituents is 1. The van der Waals surface area contributed by atoms with E-state index in [2.05, 4.69) is 10.3 Å². The van der Waals surface area contributed by atoms with Crippen LogP contribution in [0.5, 0.6) is 5.75 Å². The lowest BCUT2D eigenvalue weighted by Crippen LogP contribution is -2.12. The van der Waals surface area contributed by atoms with Crippen molar-refractivity contribution in [2.45, 2.75) is 6.04 Å². The van der Waals surface area contributed by atoms with Gasteiger partial charge < -0.3 is 14.8 Å². The predicted octanol–water partition coefficient (Wildman–Crippen LogP) is 4.64. The molecule has 0 saturated carbocycles. The highest BCUT2D eigenvalue weighted by Gasteiger charge is 2.22. The van der Waals surface area contributed by atoms with Crippen LogP contribution in [-0.2, 0) is 0 Å². The van der Waals surface area contributed by atoms with Gasteiger partial charge in [0.1, 0.15) is 23.1 Å². The number of benzene rings is 2. The summed E-state index contributed by atoms with van der Waals surface area (Å²) in [5.41, 5.74) is 1.55. The fourth-order valence-corrected chi connectivity index (χ4v) is 3.01. The Hall–Kier alpha value is -3.87. The van der Waals surface area contributed by atoms with Crippen molar-refractivity contribution < 1.29 is 14.4 Å². The zero-order valence-corrected chi connectivity index (χ0v) is 14.1. The number of aromatic nitrogens is 1. The molecule has 0 amide bonds. The summed E-state index contributed by atoms with van der Waals surface area (Å²) in [6.45, 7) is 0. The normalized spacial score (nSPS) is 12.0. The molecule has 4 rings (SSSR count). The summed E-state index contributed by atoms with van der Waals surface area (Å²) < 4.78 is 5.54. The molecule has 0 aliphatic rings. The summed E-state index contributed by atoms with van der Waals surface area (Å²) >= 11 is 0. The number of anilines is 1. The first-order chi connectivity index (χ1) is 13.1. The van der Waals surface area contributed by atoms with E-state index in [4.69, 9.17) is 4.42 Å². The number of nitro groups is 1. The van der Waals surface area contributed by atoms with E-state index in [1.807, 2.05) is 12.1 Å². The molecule has 7 heteroatoms. The van der Waals surface area contributed by atoms with Gasteiger partial charge in [0.2, 0.25) is 0 Å². The molecule has 0 radical (unpaired) electrons. The maximum Gasteiger partial charge on any atom is 0.271 e. The SMILES string of the molecule is O=[N+]([O-])c1cccc(N[C@@H](c2ccco2)c2ccc3cccnc3c2O)c1. The molecular formula is C20H15N3O4. The predicted molar refractivity (Wildman–Crippen MR) is 101 cm³/mol. The van der Waals surface area contributed by atoms with E-state index >= 15 is 0 Å². The van der Waals surface area contributed by atoms with Crippen LogP contribution in [0.25, 0.3) is 10.9 Å². The Balaban J connectivity index is 1.80. The fraction of sp³-hybridized carbons (Fsp3) is 0.0500. The Morgan fingerprint density at radius 3 is 2.78 bits per heavy atom. The van der Waals surface area contributed by atoms with Gasteiger partial charge in [-0.25, -0.2) is 0 Å². The maximum absolute atomic E-state index is 11.0. The van der Waals surface area contributed by atoms with Gasteiger partial charge in [0.25, 0.3) is 5.69 Å². The zero-order valence-electron chi connectivity index (χ0n) is 14.1. The monoisotopic (exact) mass is 361 g/mol. The minimum atomic E-state index is -0.548. The summed E-state index contributed by atoms with van der Waals surface area (Å²) in [4.78, 5) is 14.8. The quantitative estimate of drug-likeness (QED) is 0.396. The molecule has 0 fully saturated rings. The maximum atomic E-state index is 11.0. The Bertz CT molecular complexity index is 1110. The molecule has 0 spiro atoms. The third-order valence-corrected chi connectivity index (χ3v) is 4.29. The summed E-state index contributed by atoms with van der Waals surface area (Å²) in [6.07, 6.45) is 3.15. The van der Waals surface area contributed by atoms with Gasteiger partial charge in [-0.15, -0.1) is 0 Å². The molecule has 0 saturated heterocycles. The van der Waals surface area contributed by atoms with Gasteiger partial charge in [-0.05, 0) is 24.3 Å². The van der Waals surface area contributed by atoms with Gasteiger partial charge in [0, 0.05) is 35.0 Å². The second kappa shape index (κ2) is 6.80. The third kappa shape index (κ3) is 3.18. The van der Waals surface area contributed by atoms with Crippen molar-refractivity contribution >= 4 is 22.3 Å². The van der Waals surface area contributed by atoms with Crippen molar-refractivity contribution in [3.8, 4) is 5.75 Å². The van der Waals surface area contributed by atoms with Crippen LogP contribution in [0.2, 0.25) is 0 Å². The van der Waals surface area contributed by atoms with E-state index in [9.17, 15) is 15.2 Å². The first-order valence-electron chi connectivity index (χ1n) is 8.24. The summed E-state index contributed by atoms with van der Waals surface area (Å²) in [5.74, 6) is 0.597. The van der Waals surface area contributed by atoms with E-state index in [1.54, 1.807) is 42.6 Å². The molecule has 0 unspecified atom stereocenters. The van der Waals surface area contributed by atoms with E-state index in [-0.39, 0.29) is 11.4 Å². The standard InChI is InChI=1S/C20H15N3O4/c24-20-16(9-8-13-4-2-10-21-18(13)20)19(17-7-3-11-27-17)22-14-5-1-6-15(12-14)23(25)26/h1-12,19,22,24H/t19-/m1/s1. The highest BCUT2D eigenvalue weighted by atomic mass is 16.6. The minimum Gasteiger partial charge on any atom is -0.505 e. The van der Waals surface area contributed by atoms with Crippen LogP contribution >= 0.6 is 0 Å². The van der Waals surface area contributed by atoms with Gasteiger partial charge >= 0.3 is 0 Å². The molecule has 0 aliphatic carbocycles. The minimum absolute atomic E-state index is 0.0254. The van der Waals surface area contributed by atoms with Crippen LogP contribution in [0.3, 0.4) is 0 Å². The van der Waals surface area contributed by atoms with Crippen molar-refractivity contribution in [1.82, 2.24) is 4.98 Å². The Morgan fingerprint density at radius 1 is 1.11 bits per heavy atom. The summed E-state index contributed by atoms with van der Waals surface area (Å²) in [6, 6.07) is 16.5. The Morgan fingerprint density at radius 2 is 2.00 bits per heavy atom. The van der Waals surface area contributed by atoms with Crippen LogP contribution < -0.4 is 5.32 Å². The number of nitrogens with zero attached hydrogens (tertiary/aromatic N) is 2. The molecule has 134 valence electrons. The summed E-state index contributed by atoms with van der Waals surface area (Å²) in [7, 11) is 0.